The topological polar surface area (TPSA) is 13.1 Å². The second-order valence-corrected chi connectivity index (χ2v) is 13.3. The van der Waals surface area contributed by atoms with Crippen molar-refractivity contribution in [2.24, 2.45) is 0 Å². The van der Waals surface area contributed by atoms with Crippen LogP contribution in [-0.4, -0.2) is 0 Å². The van der Waals surface area contributed by atoms with E-state index in [9.17, 15) is 0 Å². The lowest BCUT2D eigenvalue weighted by Crippen LogP contribution is -2.15. The molecule has 1 nitrogen and oxygen atoms in total. The molecule has 9 aromatic rings. The van der Waals surface area contributed by atoms with Crippen molar-refractivity contribution in [3.8, 4) is 33.4 Å². The zero-order chi connectivity index (χ0) is 30.6. The number of rotatable bonds is 2. The monoisotopic (exact) mass is 586 g/mol. The molecule has 0 bridgehead atoms. The maximum Gasteiger partial charge on any atom is 0.143 e. The molecule has 0 saturated carbocycles. The minimum Gasteiger partial charge on any atom is -0.455 e. The van der Waals surface area contributed by atoms with Gasteiger partial charge in [-0.1, -0.05) is 135 Å². The first-order chi connectivity index (χ1) is 22.6. The van der Waals surface area contributed by atoms with E-state index in [0.717, 1.165) is 16.6 Å². The molecular weight excluding hydrogens is 556 g/mol. The summed E-state index contributed by atoms with van der Waals surface area (Å²) in [6.07, 6.45) is 0. The van der Waals surface area contributed by atoms with Gasteiger partial charge in [-0.15, -0.1) is 0 Å². The molecule has 8 aromatic carbocycles. The average Bonchev–Trinajstić information content (AvgIpc) is 3.60. The van der Waals surface area contributed by atoms with Gasteiger partial charge in [0.1, 0.15) is 11.2 Å². The van der Waals surface area contributed by atoms with E-state index in [0.29, 0.717) is 0 Å². The van der Waals surface area contributed by atoms with E-state index in [4.69, 9.17) is 4.42 Å². The Hall–Kier alpha value is -5.66. The number of hydrogen-bond donors (Lipinski definition) is 0. The summed E-state index contributed by atoms with van der Waals surface area (Å²) in [5, 5.41) is 9.86. The fourth-order valence-electron chi connectivity index (χ4n) is 8.16. The van der Waals surface area contributed by atoms with Crippen molar-refractivity contribution in [2.45, 2.75) is 19.3 Å². The third-order valence-electron chi connectivity index (χ3n) is 10.5. The SMILES string of the molecule is CC1(C)c2cc(-c3cccc4oc5c6ccccc6ccc5c34)ccc2-c2c1ccc1c(-c3ccc4ccccc4c3)cccc21. The van der Waals surface area contributed by atoms with E-state index in [-0.39, 0.29) is 5.41 Å². The van der Waals surface area contributed by atoms with E-state index in [1.807, 2.05) is 0 Å². The van der Waals surface area contributed by atoms with Crippen LogP contribution in [0.15, 0.2) is 150 Å². The van der Waals surface area contributed by atoms with Crippen LogP contribution in [0.4, 0.5) is 0 Å². The molecule has 0 aliphatic heterocycles. The van der Waals surface area contributed by atoms with Gasteiger partial charge in [-0.3, -0.25) is 0 Å². The van der Waals surface area contributed by atoms with Crippen molar-refractivity contribution < 1.29 is 4.42 Å². The maximum atomic E-state index is 6.53. The van der Waals surface area contributed by atoms with Crippen molar-refractivity contribution >= 4 is 54.3 Å². The van der Waals surface area contributed by atoms with Crippen LogP contribution >= 0.6 is 0 Å². The zero-order valence-corrected chi connectivity index (χ0v) is 25.8. The third kappa shape index (κ3) is 3.46. The Morgan fingerprint density at radius 1 is 0.435 bits per heavy atom. The van der Waals surface area contributed by atoms with E-state index in [1.54, 1.807) is 0 Å². The molecule has 0 atom stereocenters. The van der Waals surface area contributed by atoms with Gasteiger partial charge in [-0.25, -0.2) is 0 Å². The van der Waals surface area contributed by atoms with E-state index in [2.05, 4.69) is 159 Å². The van der Waals surface area contributed by atoms with Crippen LogP contribution in [0.1, 0.15) is 25.0 Å². The van der Waals surface area contributed by atoms with Crippen LogP contribution in [0.25, 0.3) is 87.6 Å². The van der Waals surface area contributed by atoms with E-state index < -0.39 is 0 Å². The highest BCUT2D eigenvalue weighted by atomic mass is 16.3. The van der Waals surface area contributed by atoms with Crippen molar-refractivity contribution in [1.29, 1.82) is 0 Å². The first-order valence-electron chi connectivity index (χ1n) is 16.1. The highest BCUT2D eigenvalue weighted by Crippen LogP contribution is 2.53. The Morgan fingerprint density at radius 3 is 2.04 bits per heavy atom. The molecule has 1 aliphatic carbocycles. The van der Waals surface area contributed by atoms with Gasteiger partial charge in [-0.05, 0) is 95.7 Å². The summed E-state index contributed by atoms with van der Waals surface area (Å²) in [5.41, 5.74) is 12.2. The van der Waals surface area contributed by atoms with Gasteiger partial charge >= 0.3 is 0 Å². The molecule has 0 radical (unpaired) electrons. The molecule has 0 spiro atoms. The molecule has 0 saturated heterocycles. The lowest BCUT2D eigenvalue weighted by molar-refractivity contribution is 0.661. The minimum absolute atomic E-state index is 0.129. The fourth-order valence-corrected chi connectivity index (χ4v) is 8.16. The summed E-state index contributed by atoms with van der Waals surface area (Å²) < 4.78 is 6.53. The van der Waals surface area contributed by atoms with Crippen LogP contribution < -0.4 is 0 Å². The van der Waals surface area contributed by atoms with Gasteiger partial charge in [0.15, 0.2) is 0 Å². The maximum absolute atomic E-state index is 6.53. The normalized spacial score (nSPS) is 13.6. The Bertz CT molecular complexity index is 2720. The second-order valence-electron chi connectivity index (χ2n) is 13.3. The molecule has 0 unspecified atom stereocenters. The summed E-state index contributed by atoms with van der Waals surface area (Å²) >= 11 is 0. The van der Waals surface area contributed by atoms with Crippen molar-refractivity contribution in [3.05, 3.63) is 157 Å². The Morgan fingerprint density at radius 2 is 1.13 bits per heavy atom. The molecule has 0 N–H and O–H groups in total. The average molecular weight is 587 g/mol. The molecule has 46 heavy (non-hydrogen) atoms. The number of hydrogen-bond acceptors (Lipinski definition) is 1. The van der Waals surface area contributed by atoms with Crippen LogP contribution in [0.3, 0.4) is 0 Å². The third-order valence-corrected chi connectivity index (χ3v) is 10.5. The molecule has 1 heterocycles. The van der Waals surface area contributed by atoms with Gasteiger partial charge in [0.25, 0.3) is 0 Å². The predicted molar refractivity (Wildman–Crippen MR) is 195 cm³/mol. The molecule has 0 amide bonds. The van der Waals surface area contributed by atoms with Gasteiger partial charge in [0, 0.05) is 21.6 Å². The van der Waals surface area contributed by atoms with Crippen LogP contribution in [0.2, 0.25) is 0 Å². The van der Waals surface area contributed by atoms with Crippen LogP contribution in [-0.2, 0) is 5.41 Å². The predicted octanol–water partition coefficient (Wildman–Crippen LogP) is 12.7. The highest BCUT2D eigenvalue weighted by Gasteiger charge is 2.37. The van der Waals surface area contributed by atoms with Crippen molar-refractivity contribution in [1.82, 2.24) is 0 Å². The molecule has 1 heteroatoms. The molecule has 0 fully saturated rings. The highest BCUT2D eigenvalue weighted by molar-refractivity contribution is 6.19. The first-order valence-corrected chi connectivity index (χ1v) is 16.1. The largest absolute Gasteiger partial charge is 0.455 e. The number of furan rings is 1. The number of fused-ring (bicyclic) bond motifs is 11. The summed E-state index contributed by atoms with van der Waals surface area (Å²) in [5.74, 6) is 0. The summed E-state index contributed by atoms with van der Waals surface area (Å²) in [6, 6.07) is 53.4. The van der Waals surface area contributed by atoms with Gasteiger partial charge in [-0.2, -0.15) is 0 Å². The standard InChI is InChI=1S/C45H30O/c1-45(2)39-24-23-35-32(30-18-17-27-9-3-4-11-29(27)25-30)13-7-15-36(35)42(39)37-21-20-31(26-40(37)45)33-14-8-16-41-43(33)38-22-19-28-10-5-6-12-34(28)44(38)46-41/h3-26H,1-2H3. The summed E-state index contributed by atoms with van der Waals surface area (Å²) in [7, 11) is 0. The zero-order valence-electron chi connectivity index (χ0n) is 25.8. The van der Waals surface area contributed by atoms with E-state index >= 15 is 0 Å². The summed E-state index contributed by atoms with van der Waals surface area (Å²) in [6.45, 7) is 4.75. The first kappa shape index (κ1) is 25.6. The second kappa shape index (κ2) is 9.19. The number of benzene rings is 8. The van der Waals surface area contributed by atoms with E-state index in [1.165, 1.54) is 82.2 Å². The Labute approximate surface area is 267 Å². The Kier molecular flexibility index (Phi) is 5.12. The minimum atomic E-state index is -0.129. The Balaban J connectivity index is 1.17. The summed E-state index contributed by atoms with van der Waals surface area (Å²) in [4.78, 5) is 0. The van der Waals surface area contributed by atoms with Gasteiger partial charge in [0.2, 0.25) is 0 Å². The quantitative estimate of drug-likeness (QED) is 0.196. The van der Waals surface area contributed by atoms with Gasteiger partial charge < -0.3 is 4.42 Å². The molecule has 10 rings (SSSR count). The van der Waals surface area contributed by atoms with Gasteiger partial charge in [0.05, 0.1) is 0 Å². The lowest BCUT2D eigenvalue weighted by atomic mass is 9.81. The molecule has 1 aromatic heterocycles. The smallest absolute Gasteiger partial charge is 0.143 e. The molecule has 1 aliphatic rings. The van der Waals surface area contributed by atoms with Crippen LogP contribution in [0, 0.1) is 0 Å². The van der Waals surface area contributed by atoms with Crippen molar-refractivity contribution in [3.63, 3.8) is 0 Å². The molecular formula is C45H30O. The van der Waals surface area contributed by atoms with Crippen molar-refractivity contribution in [2.75, 3.05) is 0 Å². The fraction of sp³-hybridized carbons (Fsp3) is 0.0667. The lowest BCUT2D eigenvalue weighted by Gasteiger charge is -2.22. The molecule has 216 valence electrons. The van der Waals surface area contributed by atoms with Crippen LogP contribution in [0.5, 0.6) is 0 Å².